The minimum Gasteiger partial charge on any atom is -0.326 e. The second kappa shape index (κ2) is 10.0. The zero-order valence-electron chi connectivity index (χ0n) is 20.7. The van der Waals surface area contributed by atoms with Crippen LogP contribution in [0.1, 0.15) is 34.7 Å². The molecule has 3 heterocycles. The van der Waals surface area contributed by atoms with Gasteiger partial charge >= 0.3 is 6.03 Å². The number of nitrogens with zero attached hydrogens (tertiary/aromatic N) is 2. The fourth-order valence-corrected chi connectivity index (χ4v) is 5.54. The van der Waals surface area contributed by atoms with Gasteiger partial charge in [0.1, 0.15) is 6.04 Å². The van der Waals surface area contributed by atoms with Crippen LogP contribution >= 0.6 is 0 Å². The predicted molar refractivity (Wildman–Crippen MR) is 140 cm³/mol. The van der Waals surface area contributed by atoms with E-state index in [1.807, 2.05) is 77.9 Å². The molecule has 0 spiro atoms. The van der Waals surface area contributed by atoms with E-state index in [9.17, 15) is 14.4 Å². The summed E-state index contributed by atoms with van der Waals surface area (Å²) in [4.78, 5) is 41.0. The van der Waals surface area contributed by atoms with Gasteiger partial charge in [-0.15, -0.1) is 0 Å². The first-order chi connectivity index (χ1) is 17.4. The first-order valence-corrected chi connectivity index (χ1v) is 12.5. The molecule has 36 heavy (non-hydrogen) atoms. The van der Waals surface area contributed by atoms with E-state index in [2.05, 4.69) is 10.6 Å². The van der Waals surface area contributed by atoms with Crippen molar-refractivity contribution in [3.05, 3.63) is 99.5 Å². The molecule has 0 radical (unpaired) electrons. The largest absolute Gasteiger partial charge is 0.326 e. The van der Waals surface area contributed by atoms with Crippen molar-refractivity contribution < 1.29 is 9.59 Å². The van der Waals surface area contributed by atoms with E-state index in [4.69, 9.17) is 0 Å². The summed E-state index contributed by atoms with van der Waals surface area (Å²) >= 11 is 0. The number of aryl methyl sites for hydroxylation is 2. The highest BCUT2D eigenvalue weighted by molar-refractivity contribution is 5.97. The molecular weight excluding hydrogens is 452 g/mol. The molecule has 7 nitrogen and oxygen atoms in total. The standard InChI is InChI=1S/C29H32N4O3/c1-19-11-12-24(20(2)13-19)30-28(35)25(15-21-7-4-3-5-8-21)31-29(36)32-16-22-14-23(18-32)26-9-6-10-27(34)33(26)17-22/h3-13,22-23,25H,14-18H2,1-2H3,(H,30,35)(H,31,36)/t22-,23-,25-/m0/s1. The number of fused-ring (bicyclic) bond motifs is 4. The number of benzene rings is 2. The van der Waals surface area contributed by atoms with Crippen molar-refractivity contribution in [1.82, 2.24) is 14.8 Å². The lowest BCUT2D eigenvalue weighted by Gasteiger charge is -2.43. The molecule has 1 saturated heterocycles. The van der Waals surface area contributed by atoms with Crippen LogP contribution in [0.3, 0.4) is 0 Å². The van der Waals surface area contributed by atoms with Crippen LogP contribution in [0.4, 0.5) is 10.5 Å². The first-order valence-electron chi connectivity index (χ1n) is 12.5. The van der Waals surface area contributed by atoms with Crippen LogP contribution in [0.25, 0.3) is 0 Å². The van der Waals surface area contributed by atoms with Gasteiger partial charge in [-0.3, -0.25) is 9.59 Å². The Balaban J connectivity index is 1.33. The summed E-state index contributed by atoms with van der Waals surface area (Å²) in [7, 11) is 0. The molecule has 7 heteroatoms. The van der Waals surface area contributed by atoms with E-state index in [-0.39, 0.29) is 29.3 Å². The third kappa shape index (κ3) is 5.05. The second-order valence-electron chi connectivity index (χ2n) is 10.1. The smallest absolute Gasteiger partial charge is 0.318 e. The number of hydrogen-bond donors (Lipinski definition) is 2. The van der Waals surface area contributed by atoms with Crippen molar-refractivity contribution in [3.8, 4) is 0 Å². The van der Waals surface area contributed by atoms with E-state index in [0.29, 0.717) is 26.1 Å². The minimum absolute atomic E-state index is 0.0195. The Kier molecular flexibility index (Phi) is 6.63. The molecule has 2 bridgehead atoms. The van der Waals surface area contributed by atoms with Gasteiger partial charge in [-0.2, -0.15) is 0 Å². The highest BCUT2D eigenvalue weighted by Gasteiger charge is 2.37. The number of carbonyl (C=O) groups is 2. The number of amides is 3. The van der Waals surface area contributed by atoms with Gasteiger partial charge in [-0.25, -0.2) is 4.79 Å². The number of likely N-dealkylation sites (tertiary alicyclic amines) is 1. The number of rotatable bonds is 5. The predicted octanol–water partition coefficient (Wildman–Crippen LogP) is 3.84. The molecule has 3 aromatic rings. The van der Waals surface area contributed by atoms with Crippen LogP contribution in [0.15, 0.2) is 71.5 Å². The normalized spacial score (nSPS) is 19.2. The van der Waals surface area contributed by atoms with E-state index >= 15 is 0 Å². The van der Waals surface area contributed by atoms with Gasteiger partial charge in [0.2, 0.25) is 5.91 Å². The van der Waals surface area contributed by atoms with E-state index in [0.717, 1.165) is 34.5 Å². The molecule has 1 aromatic heterocycles. The van der Waals surface area contributed by atoms with Crippen molar-refractivity contribution in [2.75, 3.05) is 18.4 Å². The third-order valence-corrected chi connectivity index (χ3v) is 7.30. The highest BCUT2D eigenvalue weighted by atomic mass is 16.2. The molecule has 2 aliphatic heterocycles. The molecule has 186 valence electrons. The van der Waals surface area contributed by atoms with E-state index < -0.39 is 6.04 Å². The zero-order chi connectivity index (χ0) is 25.2. The average molecular weight is 485 g/mol. The number of carbonyl (C=O) groups excluding carboxylic acids is 2. The van der Waals surface area contributed by atoms with Gasteiger partial charge in [0.05, 0.1) is 0 Å². The molecule has 0 saturated carbocycles. The molecule has 0 unspecified atom stereocenters. The van der Waals surface area contributed by atoms with Crippen LogP contribution < -0.4 is 16.2 Å². The molecule has 2 aromatic carbocycles. The van der Waals surface area contributed by atoms with Crippen LogP contribution in [0.2, 0.25) is 0 Å². The fourth-order valence-electron chi connectivity index (χ4n) is 5.54. The van der Waals surface area contributed by atoms with Crippen LogP contribution in [-0.4, -0.2) is 40.5 Å². The summed E-state index contributed by atoms with van der Waals surface area (Å²) in [5.74, 6) is 0.0979. The molecule has 3 atom stereocenters. The number of piperidine rings is 1. The van der Waals surface area contributed by atoms with Gasteiger partial charge in [-0.1, -0.05) is 54.1 Å². The second-order valence-corrected chi connectivity index (χ2v) is 10.1. The van der Waals surface area contributed by atoms with Crippen molar-refractivity contribution in [2.45, 2.75) is 45.2 Å². The Morgan fingerprint density at radius 1 is 0.972 bits per heavy atom. The SMILES string of the molecule is Cc1ccc(NC(=O)[C@H](Cc2ccccc2)NC(=O)N2C[C@@H]3C[C@@H](C2)c2cccc(=O)n2C3)c(C)c1. The van der Waals surface area contributed by atoms with Crippen LogP contribution in [0, 0.1) is 19.8 Å². The van der Waals surface area contributed by atoms with Gasteiger partial charge in [0.15, 0.2) is 0 Å². The maximum atomic E-state index is 13.4. The number of pyridine rings is 1. The lowest BCUT2D eigenvalue weighted by atomic mass is 9.83. The summed E-state index contributed by atoms with van der Waals surface area (Å²) in [5, 5.41) is 6.03. The summed E-state index contributed by atoms with van der Waals surface area (Å²) in [5.41, 5.74) is 4.83. The number of nitrogens with one attached hydrogen (secondary N) is 2. The third-order valence-electron chi connectivity index (χ3n) is 7.30. The van der Waals surface area contributed by atoms with Gasteiger partial charge < -0.3 is 20.1 Å². The minimum atomic E-state index is -0.725. The number of urea groups is 1. The van der Waals surface area contributed by atoms with Crippen molar-refractivity contribution in [3.63, 3.8) is 0 Å². The maximum absolute atomic E-state index is 13.4. The molecule has 3 amide bonds. The molecule has 5 rings (SSSR count). The average Bonchev–Trinajstić information content (AvgIpc) is 2.86. The first kappa shape index (κ1) is 23.9. The Morgan fingerprint density at radius 2 is 1.78 bits per heavy atom. The molecule has 1 fully saturated rings. The lowest BCUT2D eigenvalue weighted by Crippen LogP contribution is -2.55. The van der Waals surface area contributed by atoms with Crippen LogP contribution in [-0.2, 0) is 17.8 Å². The molecule has 2 aliphatic rings. The van der Waals surface area contributed by atoms with E-state index in [1.165, 1.54) is 0 Å². The van der Waals surface area contributed by atoms with Crippen molar-refractivity contribution in [1.29, 1.82) is 0 Å². The van der Waals surface area contributed by atoms with Gasteiger partial charge in [-0.05, 0) is 49.4 Å². The number of hydrogen-bond acceptors (Lipinski definition) is 3. The van der Waals surface area contributed by atoms with Crippen LogP contribution in [0.5, 0.6) is 0 Å². The van der Waals surface area contributed by atoms with E-state index in [1.54, 1.807) is 12.1 Å². The van der Waals surface area contributed by atoms with Crippen molar-refractivity contribution in [2.24, 2.45) is 5.92 Å². The number of anilines is 1. The molecule has 0 aliphatic carbocycles. The summed E-state index contributed by atoms with van der Waals surface area (Å²) in [6.45, 7) is 5.70. The van der Waals surface area contributed by atoms with Crippen molar-refractivity contribution >= 4 is 17.6 Å². The zero-order valence-corrected chi connectivity index (χ0v) is 20.7. The Hall–Kier alpha value is -3.87. The highest BCUT2D eigenvalue weighted by Crippen LogP contribution is 2.35. The molecule has 2 N–H and O–H groups in total. The van der Waals surface area contributed by atoms with Gasteiger partial charge in [0.25, 0.3) is 5.56 Å². The summed E-state index contributed by atoms with van der Waals surface area (Å²) < 4.78 is 1.85. The lowest BCUT2D eigenvalue weighted by molar-refractivity contribution is -0.118. The fraction of sp³-hybridized carbons (Fsp3) is 0.345. The maximum Gasteiger partial charge on any atom is 0.318 e. The quantitative estimate of drug-likeness (QED) is 0.577. The molecular formula is C29H32N4O3. The Morgan fingerprint density at radius 3 is 2.56 bits per heavy atom. The Labute approximate surface area is 211 Å². The summed E-state index contributed by atoms with van der Waals surface area (Å²) in [6, 6.07) is 20.0. The Bertz CT molecular complexity index is 1330. The monoisotopic (exact) mass is 484 g/mol. The number of aromatic nitrogens is 1. The van der Waals surface area contributed by atoms with Gasteiger partial charge in [0, 0.05) is 49.4 Å². The topological polar surface area (TPSA) is 83.4 Å². The summed E-state index contributed by atoms with van der Waals surface area (Å²) in [6.07, 6.45) is 1.36.